The minimum absolute atomic E-state index is 0.00176. The lowest BCUT2D eigenvalue weighted by molar-refractivity contribution is -0.384. The number of fused-ring (bicyclic) bond motifs is 1. The fourth-order valence-electron chi connectivity index (χ4n) is 5.45. The number of carboxylic acids is 1. The Morgan fingerprint density at radius 1 is 0.617 bits per heavy atom. The summed E-state index contributed by atoms with van der Waals surface area (Å²) in [6.07, 6.45) is 0. The van der Waals surface area contributed by atoms with Crippen LogP contribution in [0.1, 0.15) is 17.3 Å². The van der Waals surface area contributed by atoms with E-state index >= 15 is 0 Å². The van der Waals surface area contributed by atoms with Gasteiger partial charge in [0.15, 0.2) is 5.78 Å². The third kappa shape index (κ3) is 14.2. The van der Waals surface area contributed by atoms with E-state index < -0.39 is 34.8 Å². The average molecular weight is 835 g/mol. The van der Waals surface area contributed by atoms with Gasteiger partial charge in [0, 0.05) is 24.4 Å². The van der Waals surface area contributed by atoms with E-state index in [0.29, 0.717) is 17.0 Å². The predicted molar refractivity (Wildman–Crippen MR) is 218 cm³/mol. The third-order valence-corrected chi connectivity index (χ3v) is 8.53. The smallest absolute Gasteiger partial charge is 0.325 e. The average Bonchev–Trinajstić information content (AvgIpc) is 3.23. The van der Waals surface area contributed by atoms with E-state index in [2.05, 4.69) is 0 Å². The van der Waals surface area contributed by atoms with Gasteiger partial charge in [-0.15, -0.1) is 0 Å². The van der Waals surface area contributed by atoms with Crippen LogP contribution < -0.4 is 24.2 Å². The van der Waals surface area contributed by atoms with Crippen LogP contribution in [0.4, 0.5) is 22.7 Å². The molecule has 0 saturated carbocycles. The van der Waals surface area contributed by atoms with Crippen LogP contribution in [-0.2, 0) is 42.9 Å². The first kappa shape index (κ1) is 46.9. The number of likely N-dealkylation sites (N-methyl/N-ethyl adjacent to an activating group) is 1. The molecule has 1 N–H and O–H groups in total. The molecule has 0 fully saturated rings. The summed E-state index contributed by atoms with van der Waals surface area (Å²) in [6.45, 7) is 0.0661. The standard InChI is InChI=1S/C26H31N3O12.C15H15NO3/c1-36-23(30)14-27(15-24(31)37-2)19-7-5-6-8-21(19)40-11-12-41-22-13-18(29(34)35)9-10-20(22)28(16-25(32)38-3)17-26(33)39-4;1-10(17)11-3-4-13-8-14(6-5-12(13)7-11)16(2)9-15(18)19/h5-10,13H,11-12,14-17H2,1-4H3;3-8H,9H2,1-2H3,(H,18,19). The van der Waals surface area contributed by atoms with Gasteiger partial charge in [0.25, 0.3) is 5.69 Å². The molecule has 0 radical (unpaired) electrons. The molecular weight excluding hydrogens is 788 g/mol. The molecule has 19 heteroatoms. The highest BCUT2D eigenvalue weighted by atomic mass is 16.6. The molecule has 0 aromatic heterocycles. The van der Waals surface area contributed by atoms with Gasteiger partial charge < -0.3 is 48.2 Å². The third-order valence-electron chi connectivity index (χ3n) is 8.53. The number of hydrogen-bond acceptors (Lipinski definition) is 17. The lowest BCUT2D eigenvalue weighted by Crippen LogP contribution is -2.36. The number of methoxy groups -OCH3 is 4. The van der Waals surface area contributed by atoms with E-state index in [-0.39, 0.29) is 68.8 Å². The predicted octanol–water partition coefficient (Wildman–Crippen LogP) is 3.92. The zero-order valence-corrected chi connectivity index (χ0v) is 33.9. The molecule has 4 aromatic carbocycles. The van der Waals surface area contributed by atoms with Crippen LogP contribution in [0.3, 0.4) is 0 Å². The maximum atomic E-state index is 12.0. The summed E-state index contributed by atoms with van der Waals surface area (Å²) >= 11 is 0. The molecule has 0 bridgehead atoms. The van der Waals surface area contributed by atoms with E-state index in [9.17, 15) is 38.9 Å². The van der Waals surface area contributed by atoms with Crippen LogP contribution in [0.2, 0.25) is 0 Å². The highest BCUT2D eigenvalue weighted by Crippen LogP contribution is 2.33. The molecule has 19 nitrogen and oxygen atoms in total. The number of benzene rings is 4. The van der Waals surface area contributed by atoms with Crippen LogP contribution in [0.5, 0.6) is 11.5 Å². The minimum Gasteiger partial charge on any atom is -0.488 e. The number of Topliss-reactive ketones (excluding diaryl/α,β-unsaturated/α-hetero) is 1. The lowest BCUT2D eigenvalue weighted by Gasteiger charge is -2.25. The van der Waals surface area contributed by atoms with Gasteiger partial charge >= 0.3 is 29.8 Å². The van der Waals surface area contributed by atoms with Crippen molar-refractivity contribution >= 4 is 69.2 Å². The number of carboxylic acid groups (broad SMARTS) is 1. The van der Waals surface area contributed by atoms with Crippen molar-refractivity contribution in [1.82, 2.24) is 0 Å². The van der Waals surface area contributed by atoms with Gasteiger partial charge in [-0.3, -0.25) is 38.9 Å². The van der Waals surface area contributed by atoms with E-state index in [1.165, 1.54) is 57.3 Å². The second kappa shape index (κ2) is 23.1. The van der Waals surface area contributed by atoms with Crippen molar-refractivity contribution in [2.45, 2.75) is 6.92 Å². The fourth-order valence-corrected chi connectivity index (χ4v) is 5.45. The number of rotatable bonds is 20. The van der Waals surface area contributed by atoms with E-state index in [1.54, 1.807) is 42.3 Å². The molecule has 0 aliphatic heterocycles. The van der Waals surface area contributed by atoms with Crippen molar-refractivity contribution in [3.63, 3.8) is 0 Å². The number of esters is 4. The SMILES string of the molecule is CC(=O)c1ccc2cc(N(C)CC(=O)O)ccc2c1.COC(=O)CN(CC(=O)OC)c1ccccc1OCCOc1cc([N+](=O)[O-])ccc1N(CC(=O)OC)CC(=O)OC. The number of ether oxygens (including phenoxy) is 6. The van der Waals surface area contributed by atoms with Crippen molar-refractivity contribution < 1.29 is 67.2 Å². The Kier molecular flexibility index (Phi) is 18.1. The van der Waals surface area contributed by atoms with Gasteiger partial charge in [-0.2, -0.15) is 0 Å². The normalized spacial score (nSPS) is 10.2. The summed E-state index contributed by atoms with van der Waals surface area (Å²) in [4.78, 5) is 85.0. The molecule has 0 atom stereocenters. The largest absolute Gasteiger partial charge is 0.488 e. The molecule has 0 heterocycles. The van der Waals surface area contributed by atoms with E-state index in [1.807, 2.05) is 30.3 Å². The Hall–Kier alpha value is -7.44. The molecule has 0 aliphatic carbocycles. The van der Waals surface area contributed by atoms with Gasteiger partial charge in [-0.05, 0) is 54.1 Å². The van der Waals surface area contributed by atoms with Crippen molar-refractivity contribution in [1.29, 1.82) is 0 Å². The molecule has 0 unspecified atom stereocenters. The molecule has 320 valence electrons. The second-order valence-electron chi connectivity index (χ2n) is 12.6. The van der Waals surface area contributed by atoms with Crippen molar-refractivity contribution in [2.24, 2.45) is 0 Å². The van der Waals surface area contributed by atoms with E-state index in [4.69, 9.17) is 33.5 Å². The maximum Gasteiger partial charge on any atom is 0.325 e. The quantitative estimate of drug-likeness (QED) is 0.0332. The lowest BCUT2D eigenvalue weighted by atomic mass is 10.0. The summed E-state index contributed by atoms with van der Waals surface area (Å²) in [5.41, 5.74) is 1.84. The zero-order chi connectivity index (χ0) is 44.4. The number of para-hydroxylation sites is 2. The van der Waals surface area contributed by atoms with Gasteiger partial charge in [0.05, 0.1) is 50.8 Å². The molecule has 0 aliphatic rings. The Labute approximate surface area is 345 Å². The Morgan fingerprint density at radius 2 is 1.10 bits per heavy atom. The van der Waals surface area contributed by atoms with Gasteiger partial charge in [-0.25, -0.2) is 0 Å². The first-order chi connectivity index (χ1) is 28.6. The number of nitrogens with zero attached hydrogens (tertiary/aromatic N) is 4. The minimum atomic E-state index is -0.866. The molecular formula is C41H46N4O15. The summed E-state index contributed by atoms with van der Waals surface area (Å²) < 4.78 is 30.5. The number of nitro groups is 1. The molecule has 0 spiro atoms. The number of carbonyl (C=O) groups excluding carboxylic acids is 5. The summed E-state index contributed by atoms with van der Waals surface area (Å²) in [7, 11) is 6.53. The second-order valence-corrected chi connectivity index (χ2v) is 12.6. The molecule has 4 rings (SSSR count). The van der Waals surface area contributed by atoms with Crippen LogP contribution >= 0.6 is 0 Å². The highest BCUT2D eigenvalue weighted by Gasteiger charge is 2.23. The number of aliphatic carboxylic acids is 1. The first-order valence-corrected chi connectivity index (χ1v) is 18.0. The Morgan fingerprint density at radius 3 is 1.60 bits per heavy atom. The Bertz CT molecular complexity index is 2140. The summed E-state index contributed by atoms with van der Waals surface area (Å²) in [5, 5.41) is 22.1. The number of nitro benzene ring substituents is 1. The van der Waals surface area contributed by atoms with Gasteiger partial charge in [0.2, 0.25) is 0 Å². The zero-order valence-electron chi connectivity index (χ0n) is 33.9. The van der Waals surface area contributed by atoms with E-state index in [0.717, 1.165) is 22.5 Å². The Balaban J connectivity index is 0.000000418. The fraction of sp³-hybridized carbons (Fsp3) is 0.317. The summed E-state index contributed by atoms with van der Waals surface area (Å²) in [5.74, 6) is -3.03. The summed E-state index contributed by atoms with van der Waals surface area (Å²) in [6, 6.07) is 21.5. The van der Waals surface area contributed by atoms with Gasteiger partial charge in [-0.1, -0.05) is 30.3 Å². The molecule has 0 saturated heterocycles. The van der Waals surface area contributed by atoms with Crippen LogP contribution in [-0.4, -0.2) is 127 Å². The molecule has 0 amide bonds. The molecule has 60 heavy (non-hydrogen) atoms. The number of carbonyl (C=O) groups is 6. The molecule has 4 aromatic rings. The van der Waals surface area contributed by atoms with Crippen LogP contribution in [0.25, 0.3) is 10.8 Å². The van der Waals surface area contributed by atoms with Crippen molar-refractivity contribution in [2.75, 3.05) is 96.1 Å². The highest BCUT2D eigenvalue weighted by molar-refractivity contribution is 5.99. The van der Waals surface area contributed by atoms with Crippen LogP contribution in [0, 0.1) is 10.1 Å². The number of hydrogen-bond donors (Lipinski definition) is 1. The maximum absolute atomic E-state index is 12.0. The van der Waals surface area contributed by atoms with Crippen molar-refractivity contribution in [3.8, 4) is 11.5 Å². The topological polar surface area (TPSA) is 231 Å². The monoisotopic (exact) mass is 834 g/mol. The number of ketones is 1. The number of non-ortho nitro benzene ring substituents is 1. The van der Waals surface area contributed by atoms with Crippen molar-refractivity contribution in [3.05, 3.63) is 94.5 Å². The first-order valence-electron chi connectivity index (χ1n) is 18.0. The van der Waals surface area contributed by atoms with Crippen LogP contribution in [0.15, 0.2) is 78.9 Å². The van der Waals surface area contributed by atoms with Gasteiger partial charge in [0.1, 0.15) is 57.4 Å². The number of anilines is 3.